The Labute approximate surface area is 180 Å². The van der Waals surface area contributed by atoms with Crippen molar-refractivity contribution in [2.45, 2.75) is 83.4 Å². The van der Waals surface area contributed by atoms with E-state index in [1.807, 2.05) is 4.57 Å². The van der Waals surface area contributed by atoms with Crippen LogP contribution >= 0.6 is 12.4 Å². The van der Waals surface area contributed by atoms with E-state index in [0.717, 1.165) is 56.4 Å². The summed E-state index contributed by atoms with van der Waals surface area (Å²) in [7, 11) is 0. The Kier molecular flexibility index (Phi) is 7.83. The van der Waals surface area contributed by atoms with Crippen molar-refractivity contribution in [1.82, 2.24) is 14.5 Å². The minimum absolute atomic E-state index is 0. The predicted octanol–water partition coefficient (Wildman–Crippen LogP) is 4.69. The van der Waals surface area contributed by atoms with Gasteiger partial charge in [0.25, 0.3) is 0 Å². The van der Waals surface area contributed by atoms with Crippen LogP contribution in [0.1, 0.15) is 70.4 Å². The lowest BCUT2D eigenvalue weighted by molar-refractivity contribution is 0.00254. The zero-order valence-electron chi connectivity index (χ0n) is 17.9. The van der Waals surface area contributed by atoms with Gasteiger partial charge in [-0.15, -0.1) is 12.4 Å². The average molecular weight is 422 g/mol. The number of aromatic nitrogens is 2. The maximum Gasteiger partial charge on any atom is 0.326 e. The molecule has 1 saturated carbocycles. The van der Waals surface area contributed by atoms with Crippen LogP contribution in [0.25, 0.3) is 11.0 Å². The third-order valence-corrected chi connectivity index (χ3v) is 6.77. The summed E-state index contributed by atoms with van der Waals surface area (Å²) in [6.07, 6.45) is 9.63. The van der Waals surface area contributed by atoms with Crippen LogP contribution in [-0.4, -0.2) is 46.3 Å². The van der Waals surface area contributed by atoms with Crippen LogP contribution in [-0.2, 0) is 11.2 Å². The fraction of sp³-hybridized carbons (Fsp3) is 0.696. The van der Waals surface area contributed by atoms with Crippen molar-refractivity contribution >= 4 is 23.4 Å². The van der Waals surface area contributed by atoms with Crippen molar-refractivity contribution < 1.29 is 4.74 Å². The van der Waals surface area contributed by atoms with E-state index < -0.39 is 0 Å². The number of nitrogens with one attached hydrogen (secondary N) is 1. The molecule has 29 heavy (non-hydrogen) atoms. The van der Waals surface area contributed by atoms with E-state index in [0.29, 0.717) is 18.2 Å². The number of benzene rings is 1. The van der Waals surface area contributed by atoms with E-state index in [-0.39, 0.29) is 18.1 Å². The van der Waals surface area contributed by atoms with Gasteiger partial charge >= 0.3 is 5.69 Å². The Balaban J connectivity index is 0.00000240. The number of piperidine rings is 1. The third-order valence-electron chi connectivity index (χ3n) is 6.77. The van der Waals surface area contributed by atoms with Crippen molar-refractivity contribution in [3.63, 3.8) is 0 Å². The number of imidazole rings is 1. The standard InChI is InChI=1S/C23H35N3O2.ClH/c1-3-15-28-20-8-6-18(7-9-20)25-13-11-19(12-14-25)26-22-16-17(4-2)5-10-21(22)24-23(26)27;/h5,10,16,18-20H,3-4,6-9,11-15H2,1-2H3,(H,24,27);1H/t18-,20-;. The molecule has 6 heteroatoms. The number of aryl methyl sites for hydroxylation is 1. The summed E-state index contributed by atoms with van der Waals surface area (Å²) in [5.74, 6) is 0. The molecule has 2 aliphatic rings. The maximum absolute atomic E-state index is 12.6. The number of hydrogen-bond donors (Lipinski definition) is 1. The van der Waals surface area contributed by atoms with Crippen molar-refractivity contribution in [3.05, 3.63) is 34.2 Å². The van der Waals surface area contributed by atoms with Gasteiger partial charge in [0, 0.05) is 31.8 Å². The molecule has 0 bridgehead atoms. The molecule has 0 unspecified atom stereocenters. The van der Waals surface area contributed by atoms with E-state index in [1.54, 1.807) is 0 Å². The zero-order valence-corrected chi connectivity index (χ0v) is 18.7. The van der Waals surface area contributed by atoms with Crippen LogP contribution in [0.5, 0.6) is 0 Å². The number of nitrogens with zero attached hydrogens (tertiary/aromatic N) is 2. The maximum atomic E-state index is 12.6. The molecule has 1 aromatic heterocycles. The molecule has 2 heterocycles. The summed E-state index contributed by atoms with van der Waals surface area (Å²) in [5.41, 5.74) is 3.39. The second kappa shape index (κ2) is 10.1. The molecule has 1 saturated heterocycles. The van der Waals surface area contributed by atoms with Gasteiger partial charge < -0.3 is 14.6 Å². The molecule has 2 fully saturated rings. The average Bonchev–Trinajstić information content (AvgIpc) is 3.07. The quantitative estimate of drug-likeness (QED) is 0.736. The summed E-state index contributed by atoms with van der Waals surface area (Å²) in [5, 5.41) is 0. The first-order valence-electron chi connectivity index (χ1n) is 11.3. The smallest absolute Gasteiger partial charge is 0.326 e. The Bertz CT molecular complexity index is 830. The summed E-state index contributed by atoms with van der Waals surface area (Å²) >= 11 is 0. The molecule has 4 rings (SSSR count). The first-order valence-corrected chi connectivity index (χ1v) is 11.3. The fourth-order valence-electron chi connectivity index (χ4n) is 5.12. The van der Waals surface area contributed by atoms with E-state index in [2.05, 4.69) is 41.9 Å². The minimum Gasteiger partial charge on any atom is -0.378 e. The Morgan fingerprint density at radius 3 is 2.41 bits per heavy atom. The number of ether oxygens (including phenoxy) is 1. The molecule has 2 aromatic rings. The van der Waals surface area contributed by atoms with E-state index in [1.165, 1.54) is 31.2 Å². The number of hydrogen-bond acceptors (Lipinski definition) is 3. The zero-order chi connectivity index (χ0) is 19.5. The molecule has 1 aliphatic carbocycles. The Hall–Kier alpha value is -1.30. The number of rotatable bonds is 6. The number of fused-ring (bicyclic) bond motifs is 1. The Morgan fingerprint density at radius 2 is 1.76 bits per heavy atom. The van der Waals surface area contributed by atoms with Gasteiger partial charge in [-0.25, -0.2) is 4.79 Å². The molecule has 0 radical (unpaired) electrons. The molecule has 1 N–H and O–H groups in total. The molecule has 0 amide bonds. The molecule has 0 atom stereocenters. The Morgan fingerprint density at radius 1 is 1.03 bits per heavy atom. The topological polar surface area (TPSA) is 50.3 Å². The van der Waals surface area contributed by atoms with Crippen LogP contribution in [0.4, 0.5) is 0 Å². The minimum atomic E-state index is 0. The number of aromatic amines is 1. The number of halogens is 1. The van der Waals surface area contributed by atoms with Crippen molar-refractivity contribution in [2.75, 3.05) is 19.7 Å². The highest BCUT2D eigenvalue weighted by atomic mass is 35.5. The number of likely N-dealkylation sites (tertiary alicyclic amines) is 1. The first kappa shape index (κ1) is 22.4. The summed E-state index contributed by atoms with van der Waals surface area (Å²) < 4.78 is 7.98. The van der Waals surface area contributed by atoms with Gasteiger partial charge in [-0.1, -0.05) is 19.9 Å². The molecular weight excluding hydrogens is 386 g/mol. The summed E-state index contributed by atoms with van der Waals surface area (Å²) in [6.45, 7) is 7.44. The lowest BCUT2D eigenvalue weighted by Crippen LogP contribution is -2.45. The highest BCUT2D eigenvalue weighted by Gasteiger charge is 2.30. The van der Waals surface area contributed by atoms with Gasteiger partial charge in [-0.3, -0.25) is 4.57 Å². The molecule has 1 aliphatic heterocycles. The van der Waals surface area contributed by atoms with Crippen molar-refractivity contribution in [2.24, 2.45) is 0 Å². The van der Waals surface area contributed by atoms with Gasteiger partial charge in [0.05, 0.1) is 17.1 Å². The lowest BCUT2D eigenvalue weighted by atomic mass is 9.90. The second-order valence-corrected chi connectivity index (χ2v) is 8.57. The van der Waals surface area contributed by atoms with Crippen molar-refractivity contribution in [3.8, 4) is 0 Å². The lowest BCUT2D eigenvalue weighted by Gasteiger charge is -2.41. The van der Waals surface area contributed by atoms with Crippen LogP contribution < -0.4 is 5.69 Å². The van der Waals surface area contributed by atoms with Crippen molar-refractivity contribution in [1.29, 1.82) is 0 Å². The van der Waals surface area contributed by atoms with Crippen LogP contribution in [0.15, 0.2) is 23.0 Å². The van der Waals surface area contributed by atoms with Crippen LogP contribution in [0.2, 0.25) is 0 Å². The fourth-order valence-corrected chi connectivity index (χ4v) is 5.12. The van der Waals surface area contributed by atoms with Gasteiger partial charge in [0.2, 0.25) is 0 Å². The van der Waals surface area contributed by atoms with E-state index in [4.69, 9.17) is 4.74 Å². The first-order chi connectivity index (χ1) is 13.7. The summed E-state index contributed by atoms with van der Waals surface area (Å²) in [6, 6.07) is 7.38. The normalized spacial score (nSPS) is 23.9. The van der Waals surface area contributed by atoms with Crippen LogP contribution in [0.3, 0.4) is 0 Å². The van der Waals surface area contributed by atoms with E-state index in [9.17, 15) is 4.79 Å². The van der Waals surface area contributed by atoms with E-state index >= 15 is 0 Å². The SMILES string of the molecule is CCCO[C@H]1CC[C@H](N2CCC(n3c(=O)[nH]c4ccc(CC)cc43)CC2)CC1.Cl. The molecule has 162 valence electrons. The summed E-state index contributed by atoms with van der Waals surface area (Å²) in [4.78, 5) is 18.3. The highest BCUT2D eigenvalue weighted by molar-refractivity contribution is 5.85. The van der Waals surface area contributed by atoms with Gasteiger partial charge in [-0.05, 0) is 69.1 Å². The molecular formula is C23H36ClN3O2. The number of H-pyrrole nitrogens is 1. The predicted molar refractivity (Wildman–Crippen MR) is 121 cm³/mol. The monoisotopic (exact) mass is 421 g/mol. The van der Waals surface area contributed by atoms with Gasteiger partial charge in [-0.2, -0.15) is 0 Å². The second-order valence-electron chi connectivity index (χ2n) is 8.57. The highest BCUT2D eigenvalue weighted by Crippen LogP contribution is 2.31. The largest absolute Gasteiger partial charge is 0.378 e. The molecule has 0 spiro atoms. The van der Waals surface area contributed by atoms with Crippen LogP contribution in [0, 0.1) is 0 Å². The third kappa shape index (κ3) is 4.89. The van der Waals surface area contributed by atoms with Gasteiger partial charge in [0.1, 0.15) is 0 Å². The molecule has 5 nitrogen and oxygen atoms in total. The van der Waals surface area contributed by atoms with Gasteiger partial charge in [0.15, 0.2) is 0 Å². The molecule has 1 aromatic carbocycles.